The minimum atomic E-state index is -1.55. The van der Waals surface area contributed by atoms with Gasteiger partial charge in [-0.05, 0) is 32.9 Å². The summed E-state index contributed by atoms with van der Waals surface area (Å²) in [6, 6.07) is 3.56. The molecular weight excluding hydrogens is 248 g/mol. The van der Waals surface area contributed by atoms with Gasteiger partial charge < -0.3 is 9.47 Å². The van der Waals surface area contributed by atoms with Crippen molar-refractivity contribution >= 4 is 18.2 Å². The molecule has 0 bridgehead atoms. The Morgan fingerprint density at radius 2 is 1.63 bits per heavy atom. The molecule has 0 N–H and O–H groups in total. The van der Waals surface area contributed by atoms with Crippen LogP contribution in [0.1, 0.15) is 20.8 Å². The number of ether oxygens (including phenoxy) is 2. The maximum atomic E-state index is 11.9. The maximum Gasteiger partial charge on any atom is 0.328 e. The molecule has 6 nitrogen and oxygen atoms in total. The molecule has 6 heteroatoms. The molecule has 0 aliphatic heterocycles. The normalized spacial score (nSPS) is 11.5. The molecule has 0 aliphatic carbocycles. The summed E-state index contributed by atoms with van der Waals surface area (Å²) >= 11 is 0. The number of aromatic nitrogens is 1. The van der Waals surface area contributed by atoms with Crippen molar-refractivity contribution in [1.82, 2.24) is 4.68 Å². The summed E-state index contributed by atoms with van der Waals surface area (Å²) in [7, 11) is 0. The van der Waals surface area contributed by atoms with Gasteiger partial charge in [-0.3, -0.25) is 9.59 Å². The molecule has 0 amide bonds. The zero-order chi connectivity index (χ0) is 14.3. The molecule has 1 aromatic heterocycles. The zero-order valence-corrected chi connectivity index (χ0v) is 11.3. The first-order chi connectivity index (χ1) is 9.04. The second-order valence-electron chi connectivity index (χ2n) is 3.95. The SMILES string of the molecule is CCOC(=O)C(C)(/C=N/n1cccc1)C(=O)OCC. The second kappa shape index (κ2) is 6.72. The Morgan fingerprint density at radius 1 is 1.16 bits per heavy atom. The number of carbonyl (C=O) groups excluding carboxylic acids is 2. The van der Waals surface area contributed by atoms with Crippen LogP contribution in [0.15, 0.2) is 29.6 Å². The van der Waals surface area contributed by atoms with Crippen LogP contribution in [-0.2, 0) is 19.1 Å². The Labute approximate surface area is 112 Å². The van der Waals surface area contributed by atoms with E-state index < -0.39 is 17.4 Å². The lowest BCUT2D eigenvalue weighted by atomic mass is 9.92. The minimum Gasteiger partial charge on any atom is -0.465 e. The van der Waals surface area contributed by atoms with Gasteiger partial charge in [-0.15, -0.1) is 0 Å². The summed E-state index contributed by atoms with van der Waals surface area (Å²) < 4.78 is 11.3. The van der Waals surface area contributed by atoms with E-state index in [0.717, 1.165) is 0 Å². The molecule has 0 saturated heterocycles. The smallest absolute Gasteiger partial charge is 0.328 e. The molecule has 1 rings (SSSR count). The van der Waals surface area contributed by atoms with Gasteiger partial charge in [0.15, 0.2) is 5.41 Å². The number of hydrogen-bond acceptors (Lipinski definition) is 5. The van der Waals surface area contributed by atoms with Crippen LogP contribution in [-0.4, -0.2) is 36.0 Å². The highest BCUT2D eigenvalue weighted by Crippen LogP contribution is 2.18. The fraction of sp³-hybridized carbons (Fsp3) is 0.462. The van der Waals surface area contributed by atoms with Gasteiger partial charge in [-0.1, -0.05) is 0 Å². The largest absolute Gasteiger partial charge is 0.465 e. The standard InChI is InChI=1S/C13H18N2O4/c1-4-18-11(16)13(3,12(17)19-5-2)10-14-15-8-6-7-9-15/h6-10H,4-5H2,1-3H3/b14-10+. The van der Waals surface area contributed by atoms with E-state index >= 15 is 0 Å². The van der Waals surface area contributed by atoms with E-state index in [9.17, 15) is 9.59 Å². The molecule has 0 radical (unpaired) electrons. The van der Waals surface area contributed by atoms with Crippen molar-refractivity contribution < 1.29 is 19.1 Å². The zero-order valence-electron chi connectivity index (χ0n) is 11.3. The van der Waals surface area contributed by atoms with Crippen molar-refractivity contribution in [2.24, 2.45) is 10.5 Å². The average Bonchev–Trinajstić information content (AvgIpc) is 2.89. The molecule has 1 aromatic rings. The lowest BCUT2D eigenvalue weighted by Gasteiger charge is -2.20. The van der Waals surface area contributed by atoms with Crippen molar-refractivity contribution in [2.45, 2.75) is 20.8 Å². The number of rotatable bonds is 6. The summed E-state index contributed by atoms with van der Waals surface area (Å²) in [5.74, 6) is -1.35. The maximum absolute atomic E-state index is 11.9. The van der Waals surface area contributed by atoms with Crippen LogP contribution in [0.2, 0.25) is 0 Å². The number of esters is 2. The predicted molar refractivity (Wildman–Crippen MR) is 69.7 cm³/mol. The molecule has 0 saturated carbocycles. The van der Waals surface area contributed by atoms with Gasteiger partial charge in [0.1, 0.15) is 0 Å². The lowest BCUT2D eigenvalue weighted by Crippen LogP contribution is -2.41. The minimum absolute atomic E-state index is 0.186. The van der Waals surface area contributed by atoms with Crippen molar-refractivity contribution in [2.75, 3.05) is 13.2 Å². The molecule has 0 atom stereocenters. The predicted octanol–water partition coefficient (Wildman–Crippen LogP) is 1.45. The number of nitrogens with zero attached hydrogens (tertiary/aromatic N) is 2. The van der Waals surface area contributed by atoms with Crippen molar-refractivity contribution in [3.8, 4) is 0 Å². The van der Waals surface area contributed by atoms with Gasteiger partial charge in [0, 0.05) is 12.4 Å². The Hall–Kier alpha value is -2.11. The fourth-order valence-corrected chi connectivity index (χ4v) is 1.34. The molecule has 0 spiro atoms. The van der Waals surface area contributed by atoms with Crippen molar-refractivity contribution in [3.63, 3.8) is 0 Å². The van der Waals surface area contributed by atoms with Crippen molar-refractivity contribution in [1.29, 1.82) is 0 Å². The third kappa shape index (κ3) is 3.67. The van der Waals surface area contributed by atoms with Crippen LogP contribution >= 0.6 is 0 Å². The van der Waals surface area contributed by atoms with Crippen LogP contribution in [0.3, 0.4) is 0 Å². The van der Waals surface area contributed by atoms with E-state index in [0.29, 0.717) is 0 Å². The van der Waals surface area contributed by atoms with Crippen LogP contribution in [0.4, 0.5) is 0 Å². The van der Waals surface area contributed by atoms with E-state index in [1.54, 1.807) is 38.4 Å². The van der Waals surface area contributed by atoms with Crippen LogP contribution < -0.4 is 0 Å². The topological polar surface area (TPSA) is 69.9 Å². The number of hydrogen-bond donors (Lipinski definition) is 0. The van der Waals surface area contributed by atoms with Gasteiger partial charge >= 0.3 is 11.9 Å². The first-order valence-corrected chi connectivity index (χ1v) is 6.07. The molecule has 0 aromatic carbocycles. The third-order valence-electron chi connectivity index (χ3n) is 2.44. The molecular formula is C13H18N2O4. The molecule has 19 heavy (non-hydrogen) atoms. The van der Waals surface area contributed by atoms with E-state index in [-0.39, 0.29) is 13.2 Å². The Morgan fingerprint density at radius 3 is 2.05 bits per heavy atom. The summed E-state index contributed by atoms with van der Waals surface area (Å²) in [5.41, 5.74) is -1.55. The first kappa shape index (κ1) is 14.9. The quantitative estimate of drug-likeness (QED) is 0.444. The number of carbonyl (C=O) groups is 2. The Kier molecular flexibility index (Phi) is 5.29. The molecule has 0 unspecified atom stereocenters. The monoisotopic (exact) mass is 266 g/mol. The van der Waals surface area contributed by atoms with Gasteiger partial charge in [-0.25, -0.2) is 4.68 Å². The van der Waals surface area contributed by atoms with Crippen LogP contribution in [0.5, 0.6) is 0 Å². The van der Waals surface area contributed by atoms with Crippen LogP contribution in [0, 0.1) is 5.41 Å². The summed E-state index contributed by atoms with van der Waals surface area (Å²) in [4.78, 5) is 23.8. The Bertz CT molecular complexity index is 433. The summed E-state index contributed by atoms with van der Waals surface area (Å²) in [5, 5.41) is 4.03. The van der Waals surface area contributed by atoms with Crippen molar-refractivity contribution in [3.05, 3.63) is 24.5 Å². The average molecular weight is 266 g/mol. The van der Waals surface area contributed by atoms with Gasteiger partial charge in [0.25, 0.3) is 0 Å². The van der Waals surface area contributed by atoms with Gasteiger partial charge in [-0.2, -0.15) is 5.10 Å². The van der Waals surface area contributed by atoms with Gasteiger partial charge in [0.05, 0.1) is 19.4 Å². The highest BCUT2D eigenvalue weighted by Gasteiger charge is 2.43. The lowest BCUT2D eigenvalue weighted by molar-refractivity contribution is -0.164. The van der Waals surface area contributed by atoms with E-state index in [4.69, 9.17) is 9.47 Å². The molecule has 0 aliphatic rings. The fourth-order valence-electron chi connectivity index (χ4n) is 1.34. The molecule has 1 heterocycles. The third-order valence-corrected chi connectivity index (χ3v) is 2.44. The van der Waals surface area contributed by atoms with E-state index in [1.165, 1.54) is 17.8 Å². The second-order valence-corrected chi connectivity index (χ2v) is 3.95. The summed E-state index contributed by atoms with van der Waals surface area (Å²) in [6.07, 6.45) is 4.61. The van der Waals surface area contributed by atoms with E-state index in [1.807, 2.05) is 0 Å². The first-order valence-electron chi connectivity index (χ1n) is 6.07. The van der Waals surface area contributed by atoms with Crippen LogP contribution in [0.25, 0.3) is 0 Å². The van der Waals surface area contributed by atoms with Gasteiger partial charge in [0.2, 0.25) is 0 Å². The summed E-state index contributed by atoms with van der Waals surface area (Å²) in [6.45, 7) is 5.14. The van der Waals surface area contributed by atoms with E-state index in [2.05, 4.69) is 5.10 Å². The molecule has 104 valence electrons. The highest BCUT2D eigenvalue weighted by atomic mass is 16.6. The Balaban J connectivity index is 2.97. The highest BCUT2D eigenvalue weighted by molar-refractivity contribution is 6.14. The molecule has 0 fully saturated rings.